The Morgan fingerprint density at radius 2 is 2.29 bits per heavy atom. The fourth-order valence-electron chi connectivity index (χ4n) is 1.77. The van der Waals surface area contributed by atoms with Crippen LogP contribution in [0.4, 0.5) is 0 Å². The number of hydrogen-bond acceptors (Lipinski definition) is 2. The fraction of sp³-hybridized carbons (Fsp3) is 0.273. The molecule has 0 fully saturated rings. The zero-order valence-corrected chi connectivity index (χ0v) is 10.3. The number of aryl methyl sites for hydroxylation is 2. The van der Waals surface area contributed by atoms with Crippen molar-refractivity contribution in [2.75, 3.05) is 0 Å². The first kappa shape index (κ1) is 11.7. The van der Waals surface area contributed by atoms with E-state index in [4.69, 9.17) is 16.7 Å². The fourth-order valence-corrected chi connectivity index (χ4v) is 2.00. The summed E-state index contributed by atoms with van der Waals surface area (Å²) in [6.07, 6.45) is 1.71. The minimum Gasteiger partial charge on any atom is -0.477 e. The predicted molar refractivity (Wildman–Crippen MR) is 63.4 cm³/mol. The summed E-state index contributed by atoms with van der Waals surface area (Å²) in [6, 6.07) is 3.25. The molecule has 0 saturated carbocycles. The largest absolute Gasteiger partial charge is 0.477 e. The molecule has 2 aromatic rings. The van der Waals surface area contributed by atoms with Crippen LogP contribution in [0.1, 0.15) is 21.7 Å². The highest BCUT2D eigenvalue weighted by Gasteiger charge is 2.15. The molecule has 17 heavy (non-hydrogen) atoms. The molecule has 0 aliphatic rings. The maximum absolute atomic E-state index is 11.0. The molecule has 0 unspecified atom stereocenters. The van der Waals surface area contributed by atoms with Crippen LogP contribution in [0.2, 0.25) is 5.15 Å². The number of aromatic nitrogens is 3. The Labute approximate surface area is 103 Å². The van der Waals surface area contributed by atoms with Crippen molar-refractivity contribution in [3.05, 3.63) is 40.4 Å². The van der Waals surface area contributed by atoms with Crippen molar-refractivity contribution in [2.24, 2.45) is 7.05 Å². The lowest BCUT2D eigenvalue weighted by atomic mass is 10.2. The summed E-state index contributed by atoms with van der Waals surface area (Å²) in [4.78, 5) is 11.0. The van der Waals surface area contributed by atoms with Gasteiger partial charge in [0.2, 0.25) is 0 Å². The smallest absolute Gasteiger partial charge is 0.352 e. The van der Waals surface area contributed by atoms with Gasteiger partial charge < -0.3 is 9.67 Å². The summed E-state index contributed by atoms with van der Waals surface area (Å²) >= 11 is 6.10. The molecule has 2 aromatic heterocycles. The van der Waals surface area contributed by atoms with Crippen LogP contribution in [-0.4, -0.2) is 25.4 Å². The van der Waals surface area contributed by atoms with Crippen molar-refractivity contribution >= 4 is 17.6 Å². The SMILES string of the molecule is Cc1nn(C)c(Cl)c1Cn1cccc1C(=O)O. The number of aromatic carboxylic acids is 1. The first-order valence-corrected chi connectivity index (χ1v) is 5.45. The van der Waals surface area contributed by atoms with E-state index in [-0.39, 0.29) is 5.69 Å². The highest BCUT2D eigenvalue weighted by Crippen LogP contribution is 2.20. The van der Waals surface area contributed by atoms with Crippen molar-refractivity contribution in [2.45, 2.75) is 13.5 Å². The van der Waals surface area contributed by atoms with Crippen LogP contribution < -0.4 is 0 Å². The molecule has 0 amide bonds. The number of carboxylic acids is 1. The lowest BCUT2D eigenvalue weighted by molar-refractivity contribution is 0.0685. The van der Waals surface area contributed by atoms with Crippen LogP contribution in [-0.2, 0) is 13.6 Å². The first-order valence-electron chi connectivity index (χ1n) is 5.07. The number of halogens is 1. The summed E-state index contributed by atoms with van der Waals surface area (Å²) in [5.41, 5.74) is 1.89. The van der Waals surface area contributed by atoms with Crippen molar-refractivity contribution in [3.8, 4) is 0 Å². The van der Waals surface area contributed by atoms with Gasteiger partial charge in [-0.05, 0) is 19.1 Å². The van der Waals surface area contributed by atoms with Gasteiger partial charge in [-0.3, -0.25) is 4.68 Å². The molecule has 90 valence electrons. The van der Waals surface area contributed by atoms with Crippen molar-refractivity contribution < 1.29 is 9.90 Å². The molecule has 1 N–H and O–H groups in total. The molecule has 0 saturated heterocycles. The van der Waals surface area contributed by atoms with E-state index >= 15 is 0 Å². The van der Waals surface area contributed by atoms with Gasteiger partial charge in [-0.25, -0.2) is 4.79 Å². The maximum Gasteiger partial charge on any atom is 0.352 e. The standard InChI is InChI=1S/C11H12ClN3O2/c1-7-8(10(12)14(2)13-7)6-15-5-3-4-9(15)11(16)17/h3-5H,6H2,1-2H3,(H,16,17). The van der Waals surface area contributed by atoms with Crippen LogP contribution in [0.25, 0.3) is 0 Å². The second-order valence-corrected chi connectivity index (χ2v) is 4.16. The third-order valence-corrected chi connectivity index (χ3v) is 3.12. The van der Waals surface area contributed by atoms with E-state index in [0.29, 0.717) is 11.7 Å². The topological polar surface area (TPSA) is 60.0 Å². The van der Waals surface area contributed by atoms with E-state index < -0.39 is 5.97 Å². The van der Waals surface area contributed by atoms with Crippen molar-refractivity contribution in [3.63, 3.8) is 0 Å². The van der Waals surface area contributed by atoms with Crippen LogP contribution in [0.5, 0.6) is 0 Å². The molecule has 0 aliphatic heterocycles. The van der Waals surface area contributed by atoms with E-state index in [2.05, 4.69) is 5.10 Å². The second kappa shape index (κ2) is 4.25. The number of nitrogens with zero attached hydrogens (tertiary/aromatic N) is 3. The Hall–Kier alpha value is -1.75. The lowest BCUT2D eigenvalue weighted by Crippen LogP contribution is -2.09. The van der Waals surface area contributed by atoms with Crippen LogP contribution in [0.3, 0.4) is 0 Å². The van der Waals surface area contributed by atoms with E-state index in [9.17, 15) is 4.79 Å². The number of rotatable bonds is 3. The van der Waals surface area contributed by atoms with Gasteiger partial charge in [-0.1, -0.05) is 11.6 Å². The Morgan fingerprint density at radius 3 is 2.82 bits per heavy atom. The van der Waals surface area contributed by atoms with Gasteiger partial charge in [0, 0.05) is 18.8 Å². The molecule has 0 spiro atoms. The molecule has 0 atom stereocenters. The minimum absolute atomic E-state index is 0.240. The molecule has 0 bridgehead atoms. The zero-order chi connectivity index (χ0) is 12.6. The zero-order valence-electron chi connectivity index (χ0n) is 9.51. The molecule has 6 heteroatoms. The van der Waals surface area contributed by atoms with Gasteiger partial charge in [-0.2, -0.15) is 5.10 Å². The summed E-state index contributed by atoms with van der Waals surface area (Å²) < 4.78 is 3.22. The van der Waals surface area contributed by atoms with E-state index in [1.165, 1.54) is 0 Å². The van der Waals surface area contributed by atoms with Crippen molar-refractivity contribution in [1.82, 2.24) is 14.3 Å². The Bertz CT molecular complexity index is 571. The molecule has 0 aromatic carbocycles. The first-order chi connectivity index (χ1) is 8.00. The van der Waals surface area contributed by atoms with Crippen molar-refractivity contribution in [1.29, 1.82) is 0 Å². The van der Waals surface area contributed by atoms with Gasteiger partial charge in [0.15, 0.2) is 0 Å². The lowest BCUT2D eigenvalue weighted by Gasteiger charge is -2.06. The Kier molecular flexibility index (Phi) is 2.93. The highest BCUT2D eigenvalue weighted by atomic mass is 35.5. The molecule has 5 nitrogen and oxygen atoms in total. The van der Waals surface area contributed by atoms with Gasteiger partial charge in [-0.15, -0.1) is 0 Å². The predicted octanol–water partition coefficient (Wildman–Crippen LogP) is 1.93. The molecular formula is C11H12ClN3O2. The van der Waals surface area contributed by atoms with Gasteiger partial charge in [0.1, 0.15) is 10.8 Å². The Balaban J connectivity index is 2.38. The van der Waals surface area contributed by atoms with E-state index in [1.54, 1.807) is 34.6 Å². The van der Waals surface area contributed by atoms with Gasteiger partial charge in [0.05, 0.1) is 12.2 Å². The van der Waals surface area contributed by atoms with E-state index in [0.717, 1.165) is 11.3 Å². The molecule has 2 heterocycles. The third kappa shape index (κ3) is 2.06. The monoisotopic (exact) mass is 253 g/mol. The second-order valence-electron chi connectivity index (χ2n) is 3.80. The number of carbonyl (C=O) groups is 1. The van der Waals surface area contributed by atoms with Gasteiger partial charge in [0.25, 0.3) is 0 Å². The minimum atomic E-state index is -0.951. The Morgan fingerprint density at radius 1 is 1.59 bits per heavy atom. The highest BCUT2D eigenvalue weighted by molar-refractivity contribution is 6.30. The van der Waals surface area contributed by atoms with Crippen LogP contribution in [0, 0.1) is 6.92 Å². The van der Waals surface area contributed by atoms with Crippen LogP contribution >= 0.6 is 11.6 Å². The summed E-state index contributed by atoms with van der Waals surface area (Å²) in [5.74, 6) is -0.951. The number of hydrogen-bond donors (Lipinski definition) is 1. The summed E-state index contributed by atoms with van der Waals surface area (Å²) in [7, 11) is 1.76. The molecule has 2 rings (SSSR count). The summed E-state index contributed by atoms with van der Waals surface area (Å²) in [5, 5.41) is 13.7. The molecular weight excluding hydrogens is 242 g/mol. The number of carboxylic acid groups (broad SMARTS) is 1. The average molecular weight is 254 g/mol. The maximum atomic E-state index is 11.0. The summed E-state index contributed by atoms with van der Waals surface area (Å²) in [6.45, 7) is 2.26. The average Bonchev–Trinajstić information content (AvgIpc) is 2.80. The molecule has 0 aliphatic carbocycles. The third-order valence-electron chi connectivity index (χ3n) is 2.65. The van der Waals surface area contributed by atoms with E-state index in [1.807, 2.05) is 6.92 Å². The quantitative estimate of drug-likeness (QED) is 0.909. The normalized spacial score (nSPS) is 10.8. The van der Waals surface area contributed by atoms with Gasteiger partial charge >= 0.3 is 5.97 Å². The van der Waals surface area contributed by atoms with Crippen LogP contribution in [0.15, 0.2) is 18.3 Å². The molecule has 0 radical (unpaired) electrons.